The highest BCUT2D eigenvalue weighted by Gasteiger charge is 2.26. The van der Waals surface area contributed by atoms with Gasteiger partial charge < -0.3 is 5.11 Å². The van der Waals surface area contributed by atoms with Crippen molar-refractivity contribution in [2.45, 2.75) is 51.6 Å². The number of aliphatic hydroxyl groups excluding tert-OH is 1. The van der Waals surface area contributed by atoms with Crippen LogP contribution < -0.4 is 0 Å². The Morgan fingerprint density at radius 2 is 1.67 bits per heavy atom. The van der Waals surface area contributed by atoms with Crippen LogP contribution in [0.2, 0.25) is 0 Å². The van der Waals surface area contributed by atoms with Crippen molar-refractivity contribution in [1.82, 2.24) is 0 Å². The molecule has 0 heterocycles. The maximum atomic E-state index is 9.68. The highest BCUT2D eigenvalue weighted by molar-refractivity contribution is 5.21. The minimum absolute atomic E-state index is 0.0538. The number of hydrogen-bond acceptors (Lipinski definition) is 1. The summed E-state index contributed by atoms with van der Waals surface area (Å²) in [5.41, 5.74) is 3.27. The summed E-state index contributed by atoms with van der Waals surface area (Å²) in [7, 11) is 0. The molecular weight excluding hydrogens is 148 g/mol. The first kappa shape index (κ1) is 8.31. The van der Waals surface area contributed by atoms with Gasteiger partial charge in [-0.25, -0.2) is 0 Å². The van der Waals surface area contributed by atoms with Crippen molar-refractivity contribution in [3.8, 4) is 0 Å². The second-order valence-electron chi connectivity index (χ2n) is 4.37. The Labute approximate surface area is 74.5 Å². The zero-order valence-electron chi connectivity index (χ0n) is 7.84. The predicted molar refractivity (Wildman–Crippen MR) is 49.9 cm³/mol. The molecule has 0 radical (unpaired) electrons. The van der Waals surface area contributed by atoms with Crippen LogP contribution in [0.15, 0.2) is 11.1 Å². The van der Waals surface area contributed by atoms with Crippen LogP contribution in [-0.4, -0.2) is 11.2 Å². The van der Waals surface area contributed by atoms with Gasteiger partial charge in [0.05, 0.1) is 6.10 Å². The summed E-state index contributed by atoms with van der Waals surface area (Å²) in [5, 5.41) is 9.68. The maximum absolute atomic E-state index is 9.68. The minimum atomic E-state index is -0.0538. The topological polar surface area (TPSA) is 20.2 Å². The lowest BCUT2D eigenvalue weighted by molar-refractivity contribution is 0.105. The molecule has 0 aromatic rings. The lowest BCUT2D eigenvalue weighted by atomic mass is 9.77. The fourth-order valence-corrected chi connectivity index (χ4v) is 2.50. The highest BCUT2D eigenvalue weighted by atomic mass is 16.3. The van der Waals surface area contributed by atoms with E-state index in [2.05, 4.69) is 6.92 Å². The summed E-state index contributed by atoms with van der Waals surface area (Å²) in [6.07, 6.45) is 7.38. The van der Waals surface area contributed by atoms with Crippen LogP contribution in [0, 0.1) is 5.92 Å². The molecule has 1 heteroatoms. The fourth-order valence-electron chi connectivity index (χ4n) is 2.50. The largest absolute Gasteiger partial charge is 0.393 e. The lowest BCUT2D eigenvalue weighted by Crippen LogP contribution is -2.25. The van der Waals surface area contributed by atoms with Crippen molar-refractivity contribution < 1.29 is 5.11 Å². The second kappa shape index (κ2) is 3.21. The van der Waals surface area contributed by atoms with E-state index < -0.39 is 0 Å². The Balaban J connectivity index is 2.15. The van der Waals surface area contributed by atoms with Crippen LogP contribution >= 0.6 is 0 Å². The molecule has 2 rings (SSSR count). The Morgan fingerprint density at radius 3 is 2.33 bits per heavy atom. The van der Waals surface area contributed by atoms with Crippen molar-refractivity contribution in [3.05, 3.63) is 11.1 Å². The van der Waals surface area contributed by atoms with Gasteiger partial charge in [0.25, 0.3) is 0 Å². The van der Waals surface area contributed by atoms with E-state index in [4.69, 9.17) is 0 Å². The van der Waals surface area contributed by atoms with E-state index in [1.807, 2.05) is 0 Å². The van der Waals surface area contributed by atoms with Crippen molar-refractivity contribution in [3.63, 3.8) is 0 Å². The third-order valence-electron chi connectivity index (χ3n) is 3.39. The summed E-state index contributed by atoms with van der Waals surface area (Å²) in [5.74, 6) is 0.502. The van der Waals surface area contributed by atoms with Gasteiger partial charge in [0.2, 0.25) is 0 Å². The van der Waals surface area contributed by atoms with Gasteiger partial charge in [-0.15, -0.1) is 0 Å². The standard InChI is InChI=1S/C11H18O/c1-8-6-9-4-2-3-5-10(9)7-11(8)12/h8,11-12H,2-7H2,1H3. The molecule has 0 saturated carbocycles. The Hall–Kier alpha value is -0.300. The van der Waals surface area contributed by atoms with Crippen LogP contribution in [0.4, 0.5) is 0 Å². The van der Waals surface area contributed by atoms with Gasteiger partial charge in [0.1, 0.15) is 0 Å². The first-order valence-electron chi connectivity index (χ1n) is 5.15. The van der Waals surface area contributed by atoms with Gasteiger partial charge >= 0.3 is 0 Å². The first-order chi connectivity index (χ1) is 5.77. The molecule has 2 aliphatic rings. The van der Waals surface area contributed by atoms with Crippen LogP contribution in [0.3, 0.4) is 0 Å². The molecule has 0 spiro atoms. The molecular formula is C11H18O. The van der Waals surface area contributed by atoms with Gasteiger partial charge in [-0.3, -0.25) is 0 Å². The molecule has 1 N–H and O–H groups in total. The van der Waals surface area contributed by atoms with Crippen molar-refractivity contribution in [2.24, 2.45) is 5.92 Å². The molecule has 12 heavy (non-hydrogen) atoms. The van der Waals surface area contributed by atoms with Crippen molar-refractivity contribution >= 4 is 0 Å². The monoisotopic (exact) mass is 166 g/mol. The molecule has 0 bridgehead atoms. The molecule has 0 amide bonds. The van der Waals surface area contributed by atoms with E-state index in [1.54, 1.807) is 11.1 Å². The predicted octanol–water partition coefficient (Wildman–Crippen LogP) is 2.65. The zero-order chi connectivity index (χ0) is 8.55. The SMILES string of the molecule is CC1CC2=C(CCCC2)CC1O. The molecule has 0 fully saturated rings. The summed E-state index contributed by atoms with van der Waals surface area (Å²) in [6, 6.07) is 0. The van der Waals surface area contributed by atoms with Crippen LogP contribution in [0.5, 0.6) is 0 Å². The molecule has 2 atom stereocenters. The van der Waals surface area contributed by atoms with E-state index in [-0.39, 0.29) is 6.10 Å². The minimum Gasteiger partial charge on any atom is -0.393 e. The zero-order valence-corrected chi connectivity index (χ0v) is 7.84. The van der Waals surface area contributed by atoms with Gasteiger partial charge in [0, 0.05) is 0 Å². The average Bonchev–Trinajstić information content (AvgIpc) is 2.07. The highest BCUT2D eigenvalue weighted by Crippen LogP contribution is 2.37. The van der Waals surface area contributed by atoms with Crippen molar-refractivity contribution in [2.75, 3.05) is 0 Å². The second-order valence-corrected chi connectivity index (χ2v) is 4.37. The normalized spacial score (nSPS) is 36.5. The maximum Gasteiger partial charge on any atom is 0.0605 e. The lowest BCUT2D eigenvalue weighted by Gasteiger charge is -2.32. The average molecular weight is 166 g/mol. The molecule has 0 aromatic heterocycles. The molecule has 2 unspecified atom stereocenters. The third kappa shape index (κ3) is 1.42. The summed E-state index contributed by atoms with van der Waals surface area (Å²) in [4.78, 5) is 0. The molecule has 68 valence electrons. The van der Waals surface area contributed by atoms with E-state index >= 15 is 0 Å². The van der Waals surface area contributed by atoms with E-state index in [0.29, 0.717) is 5.92 Å². The van der Waals surface area contributed by atoms with Crippen LogP contribution in [0.25, 0.3) is 0 Å². The van der Waals surface area contributed by atoms with Gasteiger partial charge in [-0.1, -0.05) is 18.1 Å². The van der Waals surface area contributed by atoms with E-state index in [9.17, 15) is 5.11 Å². The quantitative estimate of drug-likeness (QED) is 0.548. The number of allylic oxidation sites excluding steroid dienone is 1. The number of aliphatic hydroxyl groups is 1. The number of hydrogen-bond donors (Lipinski definition) is 1. The Bertz CT molecular complexity index is 183. The van der Waals surface area contributed by atoms with Gasteiger partial charge in [-0.2, -0.15) is 0 Å². The molecule has 0 aliphatic heterocycles. The van der Waals surface area contributed by atoms with Crippen LogP contribution in [0.1, 0.15) is 45.4 Å². The first-order valence-corrected chi connectivity index (χ1v) is 5.15. The van der Waals surface area contributed by atoms with E-state index in [0.717, 1.165) is 12.8 Å². The summed E-state index contributed by atoms with van der Waals surface area (Å²) < 4.78 is 0. The van der Waals surface area contributed by atoms with E-state index in [1.165, 1.54) is 25.7 Å². The Kier molecular flexibility index (Phi) is 2.22. The van der Waals surface area contributed by atoms with Crippen LogP contribution in [-0.2, 0) is 0 Å². The molecule has 1 nitrogen and oxygen atoms in total. The summed E-state index contributed by atoms with van der Waals surface area (Å²) in [6.45, 7) is 2.17. The Morgan fingerprint density at radius 1 is 1.08 bits per heavy atom. The van der Waals surface area contributed by atoms with Gasteiger partial charge in [-0.05, 0) is 44.4 Å². The third-order valence-corrected chi connectivity index (χ3v) is 3.39. The van der Waals surface area contributed by atoms with Crippen molar-refractivity contribution in [1.29, 1.82) is 0 Å². The smallest absolute Gasteiger partial charge is 0.0605 e. The number of rotatable bonds is 0. The molecule has 2 aliphatic carbocycles. The molecule has 0 saturated heterocycles. The fraction of sp³-hybridized carbons (Fsp3) is 0.818. The molecule has 0 aromatic carbocycles. The summed E-state index contributed by atoms with van der Waals surface area (Å²) >= 11 is 0. The van der Waals surface area contributed by atoms with Gasteiger partial charge in [0.15, 0.2) is 0 Å².